The lowest BCUT2D eigenvalue weighted by atomic mass is 9.79. The van der Waals surface area contributed by atoms with Crippen LogP contribution in [0.25, 0.3) is 0 Å². The van der Waals surface area contributed by atoms with Gasteiger partial charge in [0.15, 0.2) is 0 Å². The van der Waals surface area contributed by atoms with Crippen molar-refractivity contribution < 1.29 is 14.3 Å². The molecule has 1 aliphatic heterocycles. The maximum atomic E-state index is 12.8. The summed E-state index contributed by atoms with van der Waals surface area (Å²) in [5.41, 5.74) is 1.90. The van der Waals surface area contributed by atoms with E-state index in [2.05, 4.69) is 16.0 Å². The van der Waals surface area contributed by atoms with Gasteiger partial charge in [0.25, 0.3) is 5.91 Å². The minimum absolute atomic E-state index is 0. The zero-order valence-electron chi connectivity index (χ0n) is 16.6. The average Bonchev–Trinajstić information content (AvgIpc) is 2.62. The van der Waals surface area contributed by atoms with Crippen molar-refractivity contribution in [3.8, 4) is 0 Å². The first-order valence-corrected chi connectivity index (χ1v) is 8.94. The van der Waals surface area contributed by atoms with E-state index in [9.17, 15) is 9.59 Å². The standard InChI is InChI=1S/C19H30N4O3.ClH/c1-14-5-6-16(22-18(25)23(2)3)15(11-14)17(24)21-12-19(13-26-4)7-9-20-10-8-19;/h5-6,11,20H,7-10,12-13H2,1-4H3,(H,21,24)(H,22,25);1H. The van der Waals surface area contributed by atoms with E-state index in [-0.39, 0.29) is 29.8 Å². The summed E-state index contributed by atoms with van der Waals surface area (Å²) in [6.07, 6.45) is 1.91. The van der Waals surface area contributed by atoms with Gasteiger partial charge < -0.3 is 25.6 Å². The van der Waals surface area contributed by atoms with E-state index in [4.69, 9.17) is 4.74 Å². The fourth-order valence-corrected chi connectivity index (χ4v) is 3.18. The number of ether oxygens (including phenoxy) is 1. The molecule has 0 unspecified atom stereocenters. The smallest absolute Gasteiger partial charge is 0.321 e. The van der Waals surface area contributed by atoms with E-state index in [1.54, 1.807) is 33.3 Å². The summed E-state index contributed by atoms with van der Waals surface area (Å²) in [4.78, 5) is 26.2. The molecule has 1 aromatic rings. The zero-order chi connectivity index (χ0) is 19.2. The molecular formula is C19H31ClN4O3. The summed E-state index contributed by atoms with van der Waals surface area (Å²) in [6.45, 7) is 4.94. The maximum Gasteiger partial charge on any atom is 0.321 e. The Morgan fingerprint density at radius 2 is 1.93 bits per heavy atom. The largest absolute Gasteiger partial charge is 0.384 e. The second-order valence-corrected chi connectivity index (χ2v) is 7.24. The highest BCUT2D eigenvalue weighted by Crippen LogP contribution is 2.28. The van der Waals surface area contributed by atoms with Gasteiger partial charge in [0.1, 0.15) is 0 Å². The predicted molar refractivity (Wildman–Crippen MR) is 110 cm³/mol. The monoisotopic (exact) mass is 398 g/mol. The number of methoxy groups -OCH3 is 1. The molecule has 0 aromatic heterocycles. The molecule has 0 saturated carbocycles. The molecule has 0 bridgehead atoms. The van der Waals surface area contributed by atoms with Crippen LogP contribution in [0, 0.1) is 12.3 Å². The number of carbonyl (C=O) groups is 2. The van der Waals surface area contributed by atoms with Crippen LogP contribution in [0.1, 0.15) is 28.8 Å². The molecule has 0 atom stereocenters. The molecule has 8 heteroatoms. The fraction of sp³-hybridized carbons (Fsp3) is 0.579. The van der Waals surface area contributed by atoms with Gasteiger partial charge in [-0.05, 0) is 45.0 Å². The van der Waals surface area contributed by atoms with Crippen LogP contribution in [0.4, 0.5) is 10.5 Å². The highest BCUT2D eigenvalue weighted by molar-refractivity contribution is 6.03. The molecule has 1 fully saturated rings. The van der Waals surface area contributed by atoms with Gasteiger partial charge in [-0.1, -0.05) is 11.6 Å². The van der Waals surface area contributed by atoms with Crippen LogP contribution in [0.5, 0.6) is 0 Å². The molecule has 0 radical (unpaired) electrons. The van der Waals surface area contributed by atoms with Crippen LogP contribution in [-0.4, -0.2) is 64.3 Å². The molecule has 152 valence electrons. The third-order valence-corrected chi connectivity index (χ3v) is 4.81. The molecule has 3 amide bonds. The number of rotatable bonds is 6. The second kappa shape index (κ2) is 10.5. The first-order chi connectivity index (χ1) is 12.4. The SMILES string of the molecule is COCC1(CNC(=O)c2cc(C)ccc2NC(=O)N(C)C)CCNCC1.Cl. The number of urea groups is 1. The molecular weight excluding hydrogens is 368 g/mol. The van der Waals surface area contributed by atoms with Crippen LogP contribution < -0.4 is 16.0 Å². The van der Waals surface area contributed by atoms with Crippen molar-refractivity contribution in [2.75, 3.05) is 52.8 Å². The fourth-order valence-electron chi connectivity index (χ4n) is 3.18. The molecule has 0 spiro atoms. The van der Waals surface area contributed by atoms with Gasteiger partial charge in [-0.2, -0.15) is 0 Å². The Kier molecular flexibility index (Phi) is 9.02. The van der Waals surface area contributed by atoms with Crippen molar-refractivity contribution in [1.82, 2.24) is 15.5 Å². The van der Waals surface area contributed by atoms with Crippen molar-refractivity contribution in [3.63, 3.8) is 0 Å². The Hall–Kier alpha value is -1.83. The van der Waals surface area contributed by atoms with Crippen LogP contribution in [0.15, 0.2) is 18.2 Å². The zero-order valence-corrected chi connectivity index (χ0v) is 17.4. The number of anilines is 1. The van der Waals surface area contributed by atoms with Crippen LogP contribution in [0.2, 0.25) is 0 Å². The molecule has 2 rings (SSSR count). The number of benzene rings is 1. The molecule has 1 aromatic carbocycles. The van der Waals surface area contributed by atoms with Crippen molar-refractivity contribution in [2.45, 2.75) is 19.8 Å². The number of halogens is 1. The van der Waals surface area contributed by atoms with Gasteiger partial charge >= 0.3 is 6.03 Å². The molecule has 3 N–H and O–H groups in total. The van der Waals surface area contributed by atoms with Crippen molar-refractivity contribution in [3.05, 3.63) is 29.3 Å². The van der Waals surface area contributed by atoms with Gasteiger partial charge in [0, 0.05) is 33.2 Å². The first-order valence-electron chi connectivity index (χ1n) is 8.94. The molecule has 27 heavy (non-hydrogen) atoms. The highest BCUT2D eigenvalue weighted by Gasteiger charge is 2.32. The van der Waals surface area contributed by atoms with Crippen LogP contribution in [0.3, 0.4) is 0 Å². The maximum absolute atomic E-state index is 12.8. The summed E-state index contributed by atoms with van der Waals surface area (Å²) in [7, 11) is 5.02. The molecule has 1 aliphatic rings. The van der Waals surface area contributed by atoms with E-state index >= 15 is 0 Å². The lowest BCUT2D eigenvalue weighted by molar-refractivity contribution is 0.0512. The number of amides is 3. The van der Waals surface area contributed by atoms with Crippen molar-refractivity contribution >= 4 is 30.0 Å². The Balaban J connectivity index is 0.00000364. The van der Waals surface area contributed by atoms with E-state index in [1.807, 2.05) is 13.0 Å². The van der Waals surface area contributed by atoms with Gasteiger partial charge in [-0.3, -0.25) is 4.79 Å². The lowest BCUT2D eigenvalue weighted by Gasteiger charge is -2.37. The van der Waals surface area contributed by atoms with E-state index in [1.165, 1.54) is 4.90 Å². The van der Waals surface area contributed by atoms with Gasteiger partial charge in [0.2, 0.25) is 0 Å². The summed E-state index contributed by atoms with van der Waals surface area (Å²) in [6, 6.07) is 5.17. The first kappa shape index (κ1) is 23.2. The van der Waals surface area contributed by atoms with Gasteiger partial charge in [0.05, 0.1) is 17.9 Å². The summed E-state index contributed by atoms with van der Waals surface area (Å²) in [5, 5.41) is 9.18. The Morgan fingerprint density at radius 3 is 2.52 bits per heavy atom. The quantitative estimate of drug-likeness (QED) is 0.686. The third-order valence-electron chi connectivity index (χ3n) is 4.81. The number of hydrogen-bond acceptors (Lipinski definition) is 4. The molecule has 1 heterocycles. The van der Waals surface area contributed by atoms with E-state index in [0.29, 0.717) is 24.4 Å². The third kappa shape index (κ3) is 6.37. The summed E-state index contributed by atoms with van der Waals surface area (Å²) < 4.78 is 5.40. The number of aryl methyl sites for hydroxylation is 1. The average molecular weight is 399 g/mol. The Bertz CT molecular complexity index is 640. The molecule has 7 nitrogen and oxygen atoms in total. The number of nitrogens with one attached hydrogen (secondary N) is 3. The molecule has 1 saturated heterocycles. The van der Waals surface area contributed by atoms with Crippen LogP contribution in [-0.2, 0) is 4.74 Å². The Morgan fingerprint density at radius 1 is 1.26 bits per heavy atom. The van der Waals surface area contributed by atoms with Gasteiger partial charge in [-0.25, -0.2) is 4.79 Å². The topological polar surface area (TPSA) is 82.7 Å². The molecule has 0 aliphatic carbocycles. The Labute approximate surface area is 167 Å². The van der Waals surface area contributed by atoms with Gasteiger partial charge in [-0.15, -0.1) is 12.4 Å². The number of nitrogens with zero attached hydrogens (tertiary/aromatic N) is 1. The van der Waals surface area contributed by atoms with E-state index in [0.717, 1.165) is 31.5 Å². The number of piperidine rings is 1. The van der Waals surface area contributed by atoms with Crippen LogP contribution >= 0.6 is 12.4 Å². The second-order valence-electron chi connectivity index (χ2n) is 7.24. The lowest BCUT2D eigenvalue weighted by Crippen LogP contribution is -2.47. The summed E-state index contributed by atoms with van der Waals surface area (Å²) >= 11 is 0. The highest BCUT2D eigenvalue weighted by atomic mass is 35.5. The number of carbonyl (C=O) groups excluding carboxylic acids is 2. The number of hydrogen-bond donors (Lipinski definition) is 3. The van der Waals surface area contributed by atoms with Crippen molar-refractivity contribution in [2.24, 2.45) is 5.41 Å². The minimum Gasteiger partial charge on any atom is -0.384 e. The minimum atomic E-state index is -0.267. The van der Waals surface area contributed by atoms with Crippen molar-refractivity contribution in [1.29, 1.82) is 0 Å². The summed E-state index contributed by atoms with van der Waals surface area (Å²) in [5.74, 6) is -0.184. The normalized spacial score (nSPS) is 15.4. The predicted octanol–water partition coefficient (Wildman–Crippen LogP) is 2.26. The van der Waals surface area contributed by atoms with E-state index < -0.39 is 0 Å².